The van der Waals surface area contributed by atoms with Gasteiger partial charge in [-0.1, -0.05) is 19.9 Å². The topological polar surface area (TPSA) is 63.0 Å². The first-order valence-electron chi connectivity index (χ1n) is 6.39. The molecule has 1 saturated carbocycles. The van der Waals surface area contributed by atoms with Crippen molar-refractivity contribution in [3.05, 3.63) is 18.2 Å². The fourth-order valence-electron chi connectivity index (χ4n) is 2.48. The van der Waals surface area contributed by atoms with Gasteiger partial charge < -0.3 is 10.7 Å². The van der Waals surface area contributed by atoms with Crippen molar-refractivity contribution >= 4 is 11.6 Å². The second-order valence-corrected chi connectivity index (χ2v) is 5.16. The predicted octanol–water partition coefficient (Wildman–Crippen LogP) is 2.60. The maximum Gasteiger partial charge on any atom is 0.142 e. The molecule has 1 aliphatic rings. The lowest BCUT2D eigenvalue weighted by Gasteiger charge is -2.32. The van der Waals surface area contributed by atoms with Crippen LogP contribution in [0.1, 0.15) is 33.1 Å². The number of nitrogens with one attached hydrogen (secondary N) is 2. The van der Waals surface area contributed by atoms with Gasteiger partial charge >= 0.3 is 0 Å². The molecule has 4 heteroatoms. The molecule has 4 N–H and O–H groups in total. The van der Waals surface area contributed by atoms with Crippen LogP contribution >= 0.6 is 0 Å². The van der Waals surface area contributed by atoms with Crippen LogP contribution in [0.5, 0.6) is 0 Å². The number of anilines is 2. The van der Waals surface area contributed by atoms with E-state index < -0.39 is 0 Å². The summed E-state index contributed by atoms with van der Waals surface area (Å²) in [7, 11) is 0. The largest absolute Gasteiger partial charge is 0.367 e. The van der Waals surface area contributed by atoms with Crippen molar-refractivity contribution in [2.24, 2.45) is 17.7 Å². The van der Waals surface area contributed by atoms with E-state index >= 15 is 0 Å². The van der Waals surface area contributed by atoms with E-state index in [9.17, 15) is 0 Å². The van der Waals surface area contributed by atoms with Crippen LogP contribution in [0.4, 0.5) is 11.6 Å². The molecule has 0 saturated heterocycles. The van der Waals surface area contributed by atoms with Gasteiger partial charge in [0.05, 0.1) is 0 Å². The first kappa shape index (κ1) is 12.2. The molecule has 1 heterocycles. The summed E-state index contributed by atoms with van der Waals surface area (Å²) in [6.45, 7) is 4.68. The third-order valence-electron chi connectivity index (χ3n) is 3.85. The molecule has 1 aliphatic carbocycles. The first-order chi connectivity index (χ1) is 8.19. The highest BCUT2D eigenvalue weighted by molar-refractivity contribution is 5.44. The summed E-state index contributed by atoms with van der Waals surface area (Å²) in [5.74, 6) is 8.60. The van der Waals surface area contributed by atoms with Crippen molar-refractivity contribution in [2.75, 3.05) is 10.7 Å². The molecule has 0 aliphatic heterocycles. The van der Waals surface area contributed by atoms with Gasteiger partial charge in [0.15, 0.2) is 0 Å². The van der Waals surface area contributed by atoms with E-state index in [0.29, 0.717) is 11.9 Å². The molecule has 0 amide bonds. The SMILES string of the molecule is CC1CCC(Nc2cccc(NN)n2)CC1C. The standard InChI is InChI=1S/C13H22N4/c1-9-6-7-11(8-10(9)2)15-12-4-3-5-13(16-12)17-14/h3-5,9-11H,6-8,14H2,1-2H3,(H2,15,16,17). The Morgan fingerprint density at radius 3 is 2.65 bits per heavy atom. The Kier molecular flexibility index (Phi) is 3.84. The number of hydrogen-bond acceptors (Lipinski definition) is 4. The molecular weight excluding hydrogens is 212 g/mol. The average Bonchev–Trinajstić information content (AvgIpc) is 2.34. The summed E-state index contributed by atoms with van der Waals surface area (Å²) < 4.78 is 0. The number of nitrogens with two attached hydrogens (primary N) is 1. The van der Waals surface area contributed by atoms with E-state index in [0.717, 1.165) is 17.7 Å². The third-order valence-corrected chi connectivity index (χ3v) is 3.85. The van der Waals surface area contributed by atoms with Gasteiger partial charge in [0.1, 0.15) is 11.6 Å². The van der Waals surface area contributed by atoms with E-state index in [4.69, 9.17) is 5.84 Å². The van der Waals surface area contributed by atoms with Gasteiger partial charge in [0, 0.05) is 6.04 Å². The van der Waals surface area contributed by atoms with Crippen LogP contribution in [0.3, 0.4) is 0 Å². The molecule has 0 aromatic carbocycles. The molecular formula is C13H22N4. The Hall–Kier alpha value is -1.29. The summed E-state index contributed by atoms with van der Waals surface area (Å²) in [4.78, 5) is 4.38. The molecule has 2 rings (SSSR count). The quantitative estimate of drug-likeness (QED) is 0.555. The second-order valence-electron chi connectivity index (χ2n) is 5.16. The minimum Gasteiger partial charge on any atom is -0.367 e. The number of hydrazine groups is 1. The molecule has 94 valence electrons. The van der Waals surface area contributed by atoms with Gasteiger partial charge in [0.2, 0.25) is 0 Å². The van der Waals surface area contributed by atoms with E-state index in [2.05, 4.69) is 29.6 Å². The van der Waals surface area contributed by atoms with Crippen molar-refractivity contribution in [1.29, 1.82) is 0 Å². The van der Waals surface area contributed by atoms with E-state index in [1.54, 1.807) is 0 Å². The Morgan fingerprint density at radius 1 is 1.18 bits per heavy atom. The van der Waals surface area contributed by atoms with Crippen molar-refractivity contribution < 1.29 is 0 Å². The summed E-state index contributed by atoms with van der Waals surface area (Å²) in [5.41, 5.74) is 2.57. The molecule has 3 unspecified atom stereocenters. The second kappa shape index (κ2) is 5.36. The van der Waals surface area contributed by atoms with Crippen molar-refractivity contribution in [2.45, 2.75) is 39.2 Å². The van der Waals surface area contributed by atoms with Crippen LogP contribution in [0.15, 0.2) is 18.2 Å². The van der Waals surface area contributed by atoms with Crippen LogP contribution in [0, 0.1) is 11.8 Å². The zero-order chi connectivity index (χ0) is 12.3. The molecule has 0 spiro atoms. The maximum absolute atomic E-state index is 5.35. The summed E-state index contributed by atoms with van der Waals surface area (Å²) in [6, 6.07) is 6.35. The minimum absolute atomic E-state index is 0.543. The highest BCUT2D eigenvalue weighted by atomic mass is 15.3. The summed E-state index contributed by atoms with van der Waals surface area (Å²) >= 11 is 0. The molecule has 0 bridgehead atoms. The van der Waals surface area contributed by atoms with Gasteiger partial charge in [-0.3, -0.25) is 0 Å². The van der Waals surface area contributed by atoms with Crippen molar-refractivity contribution in [3.63, 3.8) is 0 Å². The lowest BCUT2D eigenvalue weighted by Crippen LogP contribution is -2.30. The fourth-order valence-corrected chi connectivity index (χ4v) is 2.48. The Morgan fingerprint density at radius 2 is 1.94 bits per heavy atom. The summed E-state index contributed by atoms with van der Waals surface area (Å²) in [5, 5.41) is 3.50. The first-order valence-corrected chi connectivity index (χ1v) is 6.39. The van der Waals surface area contributed by atoms with Crippen LogP contribution < -0.4 is 16.6 Å². The van der Waals surface area contributed by atoms with Gasteiger partial charge in [-0.05, 0) is 43.2 Å². The highest BCUT2D eigenvalue weighted by Crippen LogP contribution is 2.30. The fraction of sp³-hybridized carbons (Fsp3) is 0.615. The number of aromatic nitrogens is 1. The van der Waals surface area contributed by atoms with E-state index in [1.807, 2.05) is 18.2 Å². The zero-order valence-corrected chi connectivity index (χ0v) is 10.6. The van der Waals surface area contributed by atoms with Gasteiger partial charge in [-0.15, -0.1) is 0 Å². The Balaban J connectivity index is 1.96. The lowest BCUT2D eigenvalue weighted by molar-refractivity contribution is 0.260. The lowest BCUT2D eigenvalue weighted by atomic mass is 9.79. The number of nitrogens with zero attached hydrogens (tertiary/aromatic N) is 1. The summed E-state index contributed by atoms with van der Waals surface area (Å²) in [6.07, 6.45) is 3.75. The maximum atomic E-state index is 5.35. The smallest absolute Gasteiger partial charge is 0.142 e. The highest BCUT2D eigenvalue weighted by Gasteiger charge is 2.24. The minimum atomic E-state index is 0.543. The molecule has 1 fully saturated rings. The van der Waals surface area contributed by atoms with Crippen LogP contribution in [0.25, 0.3) is 0 Å². The monoisotopic (exact) mass is 234 g/mol. The van der Waals surface area contributed by atoms with Gasteiger partial charge in [0.25, 0.3) is 0 Å². The predicted molar refractivity (Wildman–Crippen MR) is 71.6 cm³/mol. The normalized spacial score (nSPS) is 28.8. The molecule has 1 aromatic rings. The number of hydrogen-bond donors (Lipinski definition) is 3. The molecule has 3 atom stereocenters. The van der Waals surface area contributed by atoms with Gasteiger partial charge in [-0.25, -0.2) is 10.8 Å². The zero-order valence-electron chi connectivity index (χ0n) is 10.6. The van der Waals surface area contributed by atoms with Crippen LogP contribution in [-0.4, -0.2) is 11.0 Å². The number of pyridine rings is 1. The molecule has 4 nitrogen and oxygen atoms in total. The average molecular weight is 234 g/mol. The number of nitrogen functional groups attached to an aromatic ring is 1. The van der Waals surface area contributed by atoms with Crippen molar-refractivity contribution in [3.8, 4) is 0 Å². The van der Waals surface area contributed by atoms with Crippen LogP contribution in [0.2, 0.25) is 0 Å². The number of rotatable bonds is 3. The molecule has 17 heavy (non-hydrogen) atoms. The van der Waals surface area contributed by atoms with Crippen LogP contribution in [-0.2, 0) is 0 Å². The van der Waals surface area contributed by atoms with Gasteiger partial charge in [-0.2, -0.15) is 0 Å². The Labute approximate surface area is 103 Å². The van der Waals surface area contributed by atoms with E-state index in [1.165, 1.54) is 19.3 Å². The van der Waals surface area contributed by atoms with E-state index in [-0.39, 0.29) is 0 Å². The van der Waals surface area contributed by atoms with Crippen molar-refractivity contribution in [1.82, 2.24) is 4.98 Å². The molecule has 0 radical (unpaired) electrons. The Bertz CT molecular complexity index is 366. The third kappa shape index (κ3) is 3.09. The molecule has 1 aromatic heterocycles.